The summed E-state index contributed by atoms with van der Waals surface area (Å²) in [4.78, 5) is 0. The highest BCUT2D eigenvalue weighted by Gasteiger charge is 2.04. The van der Waals surface area contributed by atoms with Crippen LogP contribution in [-0.4, -0.2) is 16.2 Å². The zero-order valence-corrected chi connectivity index (χ0v) is 9.78. The van der Waals surface area contributed by atoms with Crippen LogP contribution in [0.3, 0.4) is 0 Å². The second-order valence-electron chi connectivity index (χ2n) is 4.22. The Morgan fingerprint density at radius 3 is 3.00 bits per heavy atom. The van der Waals surface area contributed by atoms with Gasteiger partial charge in [0.1, 0.15) is 5.82 Å². The molecule has 17 heavy (non-hydrogen) atoms. The first-order valence-electron chi connectivity index (χ1n) is 5.69. The number of hydrogen-bond donors (Lipinski definition) is 2. The lowest BCUT2D eigenvalue weighted by Gasteiger charge is -2.13. The number of aromatic amines is 1. The molecule has 0 fully saturated rings. The first-order chi connectivity index (χ1) is 8.24. The van der Waals surface area contributed by atoms with Crippen LogP contribution >= 0.6 is 0 Å². The number of nitrogens with one attached hydrogen (secondary N) is 2. The lowest BCUT2D eigenvalue weighted by molar-refractivity contribution is 0.543. The van der Waals surface area contributed by atoms with E-state index < -0.39 is 0 Å². The zero-order chi connectivity index (χ0) is 12.1. The molecule has 0 bridgehead atoms. The van der Waals surface area contributed by atoms with Crippen molar-refractivity contribution >= 4 is 0 Å². The van der Waals surface area contributed by atoms with Crippen LogP contribution < -0.4 is 5.32 Å². The summed E-state index contributed by atoms with van der Waals surface area (Å²) in [6.07, 6.45) is 4.47. The summed E-state index contributed by atoms with van der Waals surface area (Å²) in [5.74, 6) is -0.176. The molecule has 90 valence electrons. The molecule has 0 amide bonds. The molecule has 1 atom stereocenters. The van der Waals surface area contributed by atoms with E-state index in [2.05, 4.69) is 22.4 Å². The monoisotopic (exact) mass is 233 g/mol. The summed E-state index contributed by atoms with van der Waals surface area (Å²) in [6, 6.07) is 7.03. The Morgan fingerprint density at radius 1 is 1.41 bits per heavy atom. The maximum absolute atomic E-state index is 13.0. The summed E-state index contributed by atoms with van der Waals surface area (Å²) in [5, 5.41) is 10.0. The van der Waals surface area contributed by atoms with Gasteiger partial charge in [-0.25, -0.2) is 4.39 Å². The molecule has 0 saturated heterocycles. The number of rotatable bonds is 5. The van der Waals surface area contributed by atoms with E-state index in [1.807, 2.05) is 12.3 Å². The average Bonchev–Trinajstić information content (AvgIpc) is 2.79. The fourth-order valence-electron chi connectivity index (χ4n) is 1.76. The highest BCUT2D eigenvalue weighted by molar-refractivity contribution is 5.17. The Hall–Kier alpha value is -1.68. The highest BCUT2D eigenvalue weighted by Crippen LogP contribution is 2.06. The molecule has 0 radical (unpaired) electrons. The van der Waals surface area contributed by atoms with Crippen molar-refractivity contribution in [1.29, 1.82) is 0 Å². The van der Waals surface area contributed by atoms with Crippen LogP contribution in [0, 0.1) is 5.82 Å². The summed E-state index contributed by atoms with van der Waals surface area (Å²) < 4.78 is 13.0. The molecule has 1 aromatic heterocycles. The smallest absolute Gasteiger partial charge is 0.123 e. The Kier molecular flexibility index (Phi) is 3.88. The second-order valence-corrected chi connectivity index (χ2v) is 4.22. The van der Waals surface area contributed by atoms with Gasteiger partial charge in [0.05, 0.1) is 6.20 Å². The van der Waals surface area contributed by atoms with Crippen LogP contribution in [0.1, 0.15) is 18.1 Å². The summed E-state index contributed by atoms with van der Waals surface area (Å²) in [6.45, 7) is 2.86. The molecule has 0 aliphatic carbocycles. The minimum absolute atomic E-state index is 0.176. The molecular weight excluding hydrogens is 217 g/mol. The van der Waals surface area contributed by atoms with Gasteiger partial charge in [0.2, 0.25) is 0 Å². The molecule has 0 spiro atoms. The first-order valence-corrected chi connectivity index (χ1v) is 5.69. The number of halogens is 1. The number of H-pyrrole nitrogens is 1. The van der Waals surface area contributed by atoms with E-state index >= 15 is 0 Å². The van der Waals surface area contributed by atoms with Gasteiger partial charge in [0, 0.05) is 24.3 Å². The molecule has 0 saturated carbocycles. The van der Waals surface area contributed by atoms with Crippen molar-refractivity contribution in [2.24, 2.45) is 0 Å². The van der Waals surface area contributed by atoms with Gasteiger partial charge < -0.3 is 5.32 Å². The Labute approximate surface area is 100 Å². The van der Waals surface area contributed by atoms with E-state index in [0.717, 1.165) is 24.1 Å². The number of hydrogen-bond acceptors (Lipinski definition) is 2. The molecular formula is C13H16FN3. The third kappa shape index (κ3) is 3.67. The largest absolute Gasteiger partial charge is 0.310 e. The molecule has 2 rings (SSSR count). The Morgan fingerprint density at radius 2 is 2.29 bits per heavy atom. The molecule has 0 aliphatic rings. The molecule has 4 heteroatoms. The third-order valence-electron chi connectivity index (χ3n) is 2.64. The molecule has 0 aliphatic heterocycles. The van der Waals surface area contributed by atoms with Crippen LogP contribution in [-0.2, 0) is 13.0 Å². The number of nitrogens with zero attached hydrogens (tertiary/aromatic N) is 1. The van der Waals surface area contributed by atoms with Gasteiger partial charge in [-0.05, 0) is 31.0 Å². The van der Waals surface area contributed by atoms with Gasteiger partial charge in [0.25, 0.3) is 0 Å². The minimum atomic E-state index is -0.176. The zero-order valence-electron chi connectivity index (χ0n) is 9.78. The maximum atomic E-state index is 13.0. The van der Waals surface area contributed by atoms with E-state index in [4.69, 9.17) is 0 Å². The third-order valence-corrected chi connectivity index (χ3v) is 2.64. The van der Waals surface area contributed by atoms with Gasteiger partial charge in [0.15, 0.2) is 0 Å². The van der Waals surface area contributed by atoms with Crippen LogP contribution in [0.25, 0.3) is 0 Å². The first kappa shape index (κ1) is 11.8. The van der Waals surface area contributed by atoms with E-state index in [9.17, 15) is 4.39 Å². The predicted octanol–water partition coefficient (Wildman–Crippen LogP) is 2.27. The van der Waals surface area contributed by atoms with Crippen molar-refractivity contribution < 1.29 is 4.39 Å². The summed E-state index contributed by atoms with van der Waals surface area (Å²) in [7, 11) is 0. The Balaban J connectivity index is 1.83. The van der Waals surface area contributed by atoms with Gasteiger partial charge in [-0.15, -0.1) is 0 Å². The van der Waals surface area contributed by atoms with Crippen molar-refractivity contribution in [3.63, 3.8) is 0 Å². The van der Waals surface area contributed by atoms with Gasteiger partial charge in [-0.2, -0.15) is 5.10 Å². The quantitative estimate of drug-likeness (QED) is 0.831. The van der Waals surface area contributed by atoms with Crippen LogP contribution in [0.15, 0.2) is 36.7 Å². The van der Waals surface area contributed by atoms with E-state index in [1.54, 1.807) is 18.3 Å². The maximum Gasteiger partial charge on any atom is 0.123 e. The molecule has 1 heterocycles. The summed E-state index contributed by atoms with van der Waals surface area (Å²) in [5.41, 5.74) is 2.13. The predicted molar refractivity (Wildman–Crippen MR) is 65.0 cm³/mol. The standard InChI is InChI=1S/C13H16FN3/c1-10(15-7-12-8-16-17-9-12)5-11-3-2-4-13(14)6-11/h2-4,6,8-10,15H,5,7H2,1H3,(H,16,17). The molecule has 3 nitrogen and oxygen atoms in total. The van der Waals surface area contributed by atoms with Gasteiger partial charge in [-0.1, -0.05) is 12.1 Å². The minimum Gasteiger partial charge on any atom is -0.310 e. The van der Waals surface area contributed by atoms with E-state index in [-0.39, 0.29) is 5.82 Å². The second kappa shape index (κ2) is 5.59. The SMILES string of the molecule is CC(Cc1cccc(F)c1)NCc1cn[nH]c1. The molecule has 2 aromatic rings. The van der Waals surface area contributed by atoms with Gasteiger partial charge in [-0.3, -0.25) is 5.10 Å². The lowest BCUT2D eigenvalue weighted by Crippen LogP contribution is -2.27. The molecule has 1 aromatic carbocycles. The van der Waals surface area contributed by atoms with Crippen molar-refractivity contribution in [2.45, 2.75) is 25.9 Å². The highest BCUT2D eigenvalue weighted by atomic mass is 19.1. The molecule has 1 unspecified atom stereocenters. The fraction of sp³-hybridized carbons (Fsp3) is 0.308. The van der Waals surface area contributed by atoms with Crippen molar-refractivity contribution in [2.75, 3.05) is 0 Å². The van der Waals surface area contributed by atoms with E-state index in [1.165, 1.54) is 6.07 Å². The van der Waals surface area contributed by atoms with Crippen LogP contribution in [0.4, 0.5) is 4.39 Å². The lowest BCUT2D eigenvalue weighted by atomic mass is 10.1. The van der Waals surface area contributed by atoms with Crippen LogP contribution in [0.2, 0.25) is 0 Å². The van der Waals surface area contributed by atoms with Crippen molar-refractivity contribution in [3.8, 4) is 0 Å². The fourth-order valence-corrected chi connectivity index (χ4v) is 1.76. The van der Waals surface area contributed by atoms with Gasteiger partial charge >= 0.3 is 0 Å². The van der Waals surface area contributed by atoms with Crippen LogP contribution in [0.5, 0.6) is 0 Å². The van der Waals surface area contributed by atoms with E-state index in [0.29, 0.717) is 6.04 Å². The summed E-state index contributed by atoms with van der Waals surface area (Å²) >= 11 is 0. The Bertz CT molecular complexity index is 453. The topological polar surface area (TPSA) is 40.7 Å². The normalized spacial score (nSPS) is 12.6. The average molecular weight is 233 g/mol. The molecule has 2 N–H and O–H groups in total. The van der Waals surface area contributed by atoms with Crippen molar-refractivity contribution in [1.82, 2.24) is 15.5 Å². The number of aromatic nitrogens is 2. The number of benzene rings is 1. The van der Waals surface area contributed by atoms with Crippen molar-refractivity contribution in [3.05, 3.63) is 53.6 Å².